The lowest BCUT2D eigenvalue weighted by Crippen LogP contribution is -2.44. The van der Waals surface area contributed by atoms with Gasteiger partial charge in [0.15, 0.2) is 0 Å². The van der Waals surface area contributed by atoms with Crippen molar-refractivity contribution in [1.82, 2.24) is 9.55 Å². The minimum atomic E-state index is -0.229. The number of nitrogens with two attached hydrogens (primary N) is 1. The maximum atomic E-state index is 6.55. The zero-order valence-corrected chi connectivity index (χ0v) is 12.3. The van der Waals surface area contributed by atoms with Crippen LogP contribution < -0.4 is 5.73 Å². The van der Waals surface area contributed by atoms with Gasteiger partial charge in [-0.25, -0.2) is 4.98 Å². The Balaban J connectivity index is 2.23. The Hall–Kier alpha value is -0.870. The molecule has 1 aliphatic rings. The Morgan fingerprint density at radius 2 is 2.05 bits per heavy atom. The molecule has 1 aromatic heterocycles. The quantitative estimate of drug-likeness (QED) is 0.833. The minimum absolute atomic E-state index is 0.128. The lowest BCUT2D eigenvalue weighted by molar-refractivity contribution is -0.0469. The van der Waals surface area contributed by atoms with E-state index in [1.54, 1.807) is 7.11 Å². The van der Waals surface area contributed by atoms with Crippen LogP contribution in [0.15, 0.2) is 12.4 Å². The summed E-state index contributed by atoms with van der Waals surface area (Å²) in [5.74, 6) is 0.977. The summed E-state index contributed by atoms with van der Waals surface area (Å²) < 4.78 is 8.08. The van der Waals surface area contributed by atoms with Crippen LogP contribution in [0.25, 0.3) is 0 Å². The highest BCUT2D eigenvalue weighted by atomic mass is 16.5. The Morgan fingerprint density at radius 1 is 1.37 bits per heavy atom. The molecule has 0 amide bonds. The topological polar surface area (TPSA) is 53.1 Å². The molecule has 0 aliphatic heterocycles. The summed E-state index contributed by atoms with van der Waals surface area (Å²) in [6.07, 6.45) is 12.1. The van der Waals surface area contributed by atoms with Gasteiger partial charge in [-0.15, -0.1) is 0 Å². The van der Waals surface area contributed by atoms with Crippen LogP contribution in [0.2, 0.25) is 0 Å². The average Bonchev–Trinajstić information content (AvgIpc) is 2.74. The normalized spacial score (nSPS) is 21.0. The molecule has 1 fully saturated rings. The molecule has 1 saturated carbocycles. The van der Waals surface area contributed by atoms with Gasteiger partial charge in [-0.05, 0) is 19.3 Å². The molecule has 1 unspecified atom stereocenters. The Kier molecular flexibility index (Phi) is 4.99. The van der Waals surface area contributed by atoms with Gasteiger partial charge in [0.2, 0.25) is 0 Å². The molecule has 1 aromatic rings. The highest BCUT2D eigenvalue weighted by Gasteiger charge is 2.39. The van der Waals surface area contributed by atoms with Crippen molar-refractivity contribution in [2.45, 2.75) is 70.1 Å². The highest BCUT2D eigenvalue weighted by Crippen LogP contribution is 2.38. The van der Waals surface area contributed by atoms with Crippen LogP contribution in [0.5, 0.6) is 0 Å². The largest absolute Gasteiger partial charge is 0.376 e. The summed E-state index contributed by atoms with van der Waals surface area (Å²) in [7, 11) is 1.80. The third-order valence-corrected chi connectivity index (χ3v) is 4.41. The first-order chi connectivity index (χ1) is 9.23. The molecule has 0 bridgehead atoms. The summed E-state index contributed by atoms with van der Waals surface area (Å²) in [4.78, 5) is 4.49. The molecule has 2 N–H and O–H groups in total. The summed E-state index contributed by atoms with van der Waals surface area (Å²) in [5.41, 5.74) is 6.32. The number of aryl methyl sites for hydroxylation is 1. The van der Waals surface area contributed by atoms with Crippen molar-refractivity contribution < 1.29 is 4.74 Å². The molecule has 0 aromatic carbocycles. The Bertz CT molecular complexity index is 380. The first-order valence-corrected chi connectivity index (χ1v) is 7.55. The van der Waals surface area contributed by atoms with Crippen LogP contribution in [0.4, 0.5) is 0 Å². The molecule has 1 aliphatic carbocycles. The number of aromatic nitrogens is 2. The van der Waals surface area contributed by atoms with Crippen molar-refractivity contribution >= 4 is 0 Å². The average molecular weight is 265 g/mol. The number of hydrogen-bond acceptors (Lipinski definition) is 3. The summed E-state index contributed by atoms with van der Waals surface area (Å²) >= 11 is 0. The van der Waals surface area contributed by atoms with E-state index in [2.05, 4.69) is 16.5 Å². The second kappa shape index (κ2) is 6.53. The van der Waals surface area contributed by atoms with Crippen LogP contribution in [-0.2, 0) is 11.3 Å². The van der Waals surface area contributed by atoms with E-state index in [0.29, 0.717) is 0 Å². The lowest BCUT2D eigenvalue weighted by Gasteiger charge is -2.36. The van der Waals surface area contributed by atoms with E-state index in [-0.39, 0.29) is 11.6 Å². The molecule has 1 atom stereocenters. The number of hydrogen-bond donors (Lipinski definition) is 1. The van der Waals surface area contributed by atoms with Crippen molar-refractivity contribution in [2.75, 3.05) is 7.11 Å². The predicted molar refractivity (Wildman–Crippen MR) is 76.9 cm³/mol. The molecule has 4 heteroatoms. The number of ether oxygens (including phenoxy) is 1. The van der Waals surface area contributed by atoms with Gasteiger partial charge in [0.1, 0.15) is 5.82 Å². The molecule has 19 heavy (non-hydrogen) atoms. The van der Waals surface area contributed by atoms with E-state index >= 15 is 0 Å². The van der Waals surface area contributed by atoms with Gasteiger partial charge in [-0.1, -0.05) is 32.6 Å². The van der Waals surface area contributed by atoms with Crippen LogP contribution in [0, 0.1) is 0 Å². The van der Waals surface area contributed by atoms with E-state index < -0.39 is 0 Å². The van der Waals surface area contributed by atoms with Crippen LogP contribution in [0.3, 0.4) is 0 Å². The molecule has 1 heterocycles. The van der Waals surface area contributed by atoms with Crippen molar-refractivity contribution in [1.29, 1.82) is 0 Å². The fourth-order valence-electron chi connectivity index (χ4n) is 3.23. The first-order valence-electron chi connectivity index (χ1n) is 7.55. The van der Waals surface area contributed by atoms with E-state index in [0.717, 1.165) is 31.6 Å². The molecular weight excluding hydrogens is 238 g/mol. The summed E-state index contributed by atoms with van der Waals surface area (Å²) in [5, 5.41) is 0. The van der Waals surface area contributed by atoms with Crippen molar-refractivity contribution in [3.8, 4) is 0 Å². The molecule has 4 nitrogen and oxygen atoms in total. The molecular formula is C15H27N3O. The number of nitrogens with zero attached hydrogens (tertiary/aromatic N) is 2. The van der Waals surface area contributed by atoms with Gasteiger partial charge in [0.25, 0.3) is 0 Å². The zero-order chi connectivity index (χ0) is 13.7. The van der Waals surface area contributed by atoms with E-state index in [9.17, 15) is 0 Å². The first kappa shape index (κ1) is 14.5. The predicted octanol–water partition coefficient (Wildman–Crippen LogP) is 3.03. The molecule has 108 valence electrons. The minimum Gasteiger partial charge on any atom is -0.376 e. The monoisotopic (exact) mass is 265 g/mol. The Morgan fingerprint density at radius 3 is 2.63 bits per heavy atom. The van der Waals surface area contributed by atoms with Gasteiger partial charge in [0, 0.05) is 26.0 Å². The lowest BCUT2D eigenvalue weighted by atomic mass is 9.86. The number of methoxy groups -OCH3 is 1. The van der Waals surface area contributed by atoms with Crippen LogP contribution in [0.1, 0.15) is 63.7 Å². The fourth-order valence-corrected chi connectivity index (χ4v) is 3.23. The van der Waals surface area contributed by atoms with Crippen molar-refractivity contribution in [2.24, 2.45) is 5.73 Å². The van der Waals surface area contributed by atoms with Crippen LogP contribution >= 0.6 is 0 Å². The third kappa shape index (κ3) is 3.00. The Labute approximate surface area is 116 Å². The van der Waals surface area contributed by atoms with E-state index in [1.165, 1.54) is 25.7 Å². The van der Waals surface area contributed by atoms with Crippen molar-refractivity contribution in [3.05, 3.63) is 18.2 Å². The number of rotatable bonds is 5. The summed E-state index contributed by atoms with van der Waals surface area (Å²) in [6.45, 7) is 3.15. The van der Waals surface area contributed by atoms with Gasteiger partial charge >= 0.3 is 0 Å². The summed E-state index contributed by atoms with van der Waals surface area (Å²) in [6, 6.07) is -0.128. The maximum absolute atomic E-state index is 6.55. The van der Waals surface area contributed by atoms with Gasteiger partial charge in [-0.3, -0.25) is 0 Å². The molecule has 0 saturated heterocycles. The number of imidazole rings is 1. The third-order valence-electron chi connectivity index (χ3n) is 4.41. The standard InChI is InChI=1S/C15H27N3O/c1-3-11-18-12-10-17-14(18)13(16)15(19-2)8-6-4-5-7-9-15/h10,12-13H,3-9,11,16H2,1-2H3. The second-order valence-corrected chi connectivity index (χ2v) is 5.64. The fraction of sp³-hybridized carbons (Fsp3) is 0.800. The van der Waals surface area contributed by atoms with Gasteiger partial charge in [0.05, 0.1) is 11.6 Å². The zero-order valence-electron chi connectivity index (χ0n) is 12.3. The van der Waals surface area contributed by atoms with E-state index in [1.807, 2.05) is 12.4 Å². The molecule has 0 radical (unpaired) electrons. The van der Waals surface area contributed by atoms with Gasteiger partial charge in [-0.2, -0.15) is 0 Å². The maximum Gasteiger partial charge on any atom is 0.128 e. The van der Waals surface area contributed by atoms with E-state index in [4.69, 9.17) is 10.5 Å². The highest BCUT2D eigenvalue weighted by molar-refractivity contribution is 5.07. The van der Waals surface area contributed by atoms with Gasteiger partial charge < -0.3 is 15.0 Å². The molecule has 2 rings (SSSR count). The SMILES string of the molecule is CCCn1ccnc1C(N)C1(OC)CCCCCC1. The van der Waals surface area contributed by atoms with Crippen molar-refractivity contribution in [3.63, 3.8) is 0 Å². The van der Waals surface area contributed by atoms with Crippen LogP contribution in [-0.4, -0.2) is 22.3 Å². The smallest absolute Gasteiger partial charge is 0.128 e. The second-order valence-electron chi connectivity index (χ2n) is 5.64. The molecule has 0 spiro atoms.